The Morgan fingerprint density at radius 1 is 0.944 bits per heavy atom. The number of aliphatic hydroxyl groups is 1. The second-order valence-corrected chi connectivity index (χ2v) is 10.6. The summed E-state index contributed by atoms with van der Waals surface area (Å²) in [6, 6.07) is 28.6. The first-order valence-corrected chi connectivity index (χ1v) is 13.6. The quantitative estimate of drug-likeness (QED) is 0.262. The van der Waals surface area contributed by atoms with Crippen molar-refractivity contribution in [1.82, 2.24) is 9.88 Å². The number of hydrogen-bond donors (Lipinski definition) is 1. The Hall–Kier alpha value is -2.73. The van der Waals surface area contributed by atoms with E-state index in [1.807, 2.05) is 60.7 Å². The third-order valence-electron chi connectivity index (χ3n) is 7.42. The minimum absolute atomic E-state index is 0.364. The number of aromatic nitrogens is 1. The highest BCUT2D eigenvalue weighted by Gasteiger charge is 2.42. The number of halogens is 1. The summed E-state index contributed by atoms with van der Waals surface area (Å²) < 4.78 is 6.86. The molecular weight excluding hydrogens is 512 g/mol. The first-order valence-electron chi connectivity index (χ1n) is 12.8. The first-order chi connectivity index (χ1) is 17.6. The van der Waals surface area contributed by atoms with Crippen LogP contribution in [0.2, 0.25) is 0 Å². The molecule has 0 amide bonds. The van der Waals surface area contributed by atoms with E-state index in [1.165, 1.54) is 19.3 Å². The molecule has 1 saturated heterocycles. The zero-order valence-corrected chi connectivity index (χ0v) is 22.3. The molecular formula is C31H33BrN2O2. The first kappa shape index (κ1) is 24.9. The van der Waals surface area contributed by atoms with Gasteiger partial charge < -0.3 is 14.7 Å². The molecule has 4 aromatic rings. The van der Waals surface area contributed by atoms with E-state index >= 15 is 0 Å². The van der Waals surface area contributed by atoms with E-state index in [0.717, 1.165) is 51.7 Å². The minimum Gasteiger partial charge on any atom is -0.481 e. The predicted molar refractivity (Wildman–Crippen MR) is 150 cm³/mol. The molecule has 1 aliphatic heterocycles. The molecule has 1 fully saturated rings. The van der Waals surface area contributed by atoms with Gasteiger partial charge in [0.05, 0.1) is 12.6 Å². The van der Waals surface area contributed by atoms with E-state index in [-0.39, 0.29) is 5.92 Å². The number of piperidine rings is 1. The lowest BCUT2D eigenvalue weighted by Gasteiger charge is -2.40. The van der Waals surface area contributed by atoms with Gasteiger partial charge in [-0.05, 0) is 67.7 Å². The van der Waals surface area contributed by atoms with Gasteiger partial charge in [-0.1, -0.05) is 83.0 Å². The van der Waals surface area contributed by atoms with Crippen LogP contribution in [0, 0.1) is 0 Å². The van der Waals surface area contributed by atoms with Crippen LogP contribution in [0.15, 0.2) is 89.4 Å². The molecule has 2 unspecified atom stereocenters. The topological polar surface area (TPSA) is 45.6 Å². The molecule has 0 saturated carbocycles. The summed E-state index contributed by atoms with van der Waals surface area (Å²) in [5, 5.41) is 13.8. The van der Waals surface area contributed by atoms with Crippen LogP contribution in [-0.2, 0) is 5.60 Å². The number of likely N-dealkylation sites (tertiary alicyclic amines) is 1. The normalized spacial score (nSPS) is 17.0. The molecule has 5 rings (SSSR count). The number of hydrogen-bond acceptors (Lipinski definition) is 4. The summed E-state index contributed by atoms with van der Waals surface area (Å²) in [7, 11) is 1.66. The molecule has 2 atom stereocenters. The number of nitrogens with zero attached hydrogens (tertiary/aromatic N) is 2. The Kier molecular flexibility index (Phi) is 7.70. The molecule has 186 valence electrons. The van der Waals surface area contributed by atoms with E-state index < -0.39 is 5.60 Å². The van der Waals surface area contributed by atoms with Crippen molar-refractivity contribution in [3.8, 4) is 5.88 Å². The van der Waals surface area contributed by atoms with Gasteiger partial charge in [0.2, 0.25) is 5.88 Å². The van der Waals surface area contributed by atoms with Crippen LogP contribution >= 0.6 is 15.9 Å². The van der Waals surface area contributed by atoms with E-state index in [2.05, 4.69) is 45.1 Å². The van der Waals surface area contributed by atoms with Crippen LogP contribution < -0.4 is 4.74 Å². The van der Waals surface area contributed by atoms with Crippen LogP contribution in [0.5, 0.6) is 5.88 Å². The van der Waals surface area contributed by atoms with Gasteiger partial charge in [0, 0.05) is 27.9 Å². The smallest absolute Gasteiger partial charge is 0.217 e. The van der Waals surface area contributed by atoms with Gasteiger partial charge in [-0.25, -0.2) is 4.98 Å². The largest absolute Gasteiger partial charge is 0.481 e. The van der Waals surface area contributed by atoms with Gasteiger partial charge in [0.1, 0.15) is 5.60 Å². The predicted octanol–water partition coefficient (Wildman–Crippen LogP) is 6.90. The number of rotatable bonds is 8. The Morgan fingerprint density at radius 2 is 1.64 bits per heavy atom. The van der Waals surface area contributed by atoms with E-state index in [0.29, 0.717) is 12.3 Å². The second kappa shape index (κ2) is 11.1. The zero-order valence-electron chi connectivity index (χ0n) is 20.7. The lowest BCUT2D eigenvalue weighted by molar-refractivity contribution is -0.00106. The fourth-order valence-electron chi connectivity index (χ4n) is 5.57. The lowest BCUT2D eigenvalue weighted by atomic mass is 9.71. The van der Waals surface area contributed by atoms with Crippen LogP contribution in [-0.4, -0.2) is 41.7 Å². The third kappa shape index (κ3) is 5.19. The van der Waals surface area contributed by atoms with Gasteiger partial charge in [-0.2, -0.15) is 0 Å². The van der Waals surface area contributed by atoms with Crippen LogP contribution in [0.3, 0.4) is 0 Å². The Labute approximate surface area is 222 Å². The highest BCUT2D eigenvalue weighted by atomic mass is 79.9. The number of benzene rings is 3. The van der Waals surface area contributed by atoms with Crippen molar-refractivity contribution < 1.29 is 9.84 Å². The maximum absolute atomic E-state index is 12.8. The lowest BCUT2D eigenvalue weighted by Crippen LogP contribution is -2.40. The zero-order chi connectivity index (χ0) is 25.0. The Balaban J connectivity index is 1.69. The fourth-order valence-corrected chi connectivity index (χ4v) is 5.95. The van der Waals surface area contributed by atoms with Crippen molar-refractivity contribution in [2.45, 2.75) is 37.2 Å². The average molecular weight is 546 g/mol. The molecule has 1 aromatic heterocycles. The van der Waals surface area contributed by atoms with Gasteiger partial charge in [-0.3, -0.25) is 0 Å². The van der Waals surface area contributed by atoms with Gasteiger partial charge in [0.25, 0.3) is 0 Å². The summed E-state index contributed by atoms with van der Waals surface area (Å²) in [5.41, 5.74) is 2.54. The summed E-state index contributed by atoms with van der Waals surface area (Å²) in [5.74, 6) is 0.183. The highest BCUT2D eigenvalue weighted by molar-refractivity contribution is 9.10. The van der Waals surface area contributed by atoms with Crippen LogP contribution in [0.4, 0.5) is 0 Å². The molecule has 0 spiro atoms. The van der Waals surface area contributed by atoms with E-state index in [1.54, 1.807) is 7.11 Å². The summed E-state index contributed by atoms with van der Waals surface area (Å²) >= 11 is 3.61. The standard InChI is InChI=1S/C31H33BrN2O2/c1-36-30-27(22-24-21-26(32)15-16-28(24)33-30)29(23-11-5-2-6-12-23)31(35,25-13-7-3-8-14-25)17-20-34-18-9-4-10-19-34/h2-3,5-8,11-16,21-22,29,35H,4,9-10,17-20H2,1H3. The Morgan fingerprint density at radius 3 is 2.33 bits per heavy atom. The SMILES string of the molecule is COc1nc2ccc(Br)cc2cc1C(c1ccccc1)C(O)(CCN1CCCCC1)c1ccccc1. The van der Waals surface area contributed by atoms with Crippen molar-refractivity contribution in [2.24, 2.45) is 0 Å². The number of methoxy groups -OCH3 is 1. The fraction of sp³-hybridized carbons (Fsp3) is 0.323. The monoisotopic (exact) mass is 544 g/mol. The van der Waals surface area contributed by atoms with Crippen molar-refractivity contribution in [3.63, 3.8) is 0 Å². The second-order valence-electron chi connectivity index (χ2n) is 9.71. The number of ether oxygens (including phenoxy) is 1. The summed E-state index contributed by atoms with van der Waals surface area (Å²) in [4.78, 5) is 7.37. The minimum atomic E-state index is -1.16. The molecule has 3 aromatic carbocycles. The van der Waals surface area contributed by atoms with Crippen molar-refractivity contribution in [2.75, 3.05) is 26.7 Å². The maximum atomic E-state index is 12.8. The average Bonchev–Trinajstić information content (AvgIpc) is 2.93. The molecule has 1 aliphatic rings. The van der Waals surface area contributed by atoms with Crippen LogP contribution in [0.1, 0.15) is 48.3 Å². The molecule has 4 nitrogen and oxygen atoms in total. The van der Waals surface area contributed by atoms with E-state index in [9.17, 15) is 5.11 Å². The molecule has 0 radical (unpaired) electrons. The molecule has 36 heavy (non-hydrogen) atoms. The van der Waals surface area contributed by atoms with Gasteiger partial charge in [-0.15, -0.1) is 0 Å². The summed E-state index contributed by atoms with van der Waals surface area (Å²) in [6.07, 6.45) is 4.35. The third-order valence-corrected chi connectivity index (χ3v) is 7.91. The Bertz CT molecular complexity index is 1290. The number of pyridine rings is 1. The number of fused-ring (bicyclic) bond motifs is 1. The molecule has 1 N–H and O–H groups in total. The highest BCUT2D eigenvalue weighted by Crippen LogP contribution is 2.47. The van der Waals surface area contributed by atoms with Crippen molar-refractivity contribution in [1.29, 1.82) is 0 Å². The molecule has 5 heteroatoms. The van der Waals surface area contributed by atoms with Crippen molar-refractivity contribution in [3.05, 3.63) is 106 Å². The van der Waals surface area contributed by atoms with Crippen LogP contribution in [0.25, 0.3) is 10.9 Å². The maximum Gasteiger partial charge on any atom is 0.217 e. The molecule has 2 heterocycles. The molecule has 0 bridgehead atoms. The summed E-state index contributed by atoms with van der Waals surface area (Å²) in [6.45, 7) is 3.02. The van der Waals surface area contributed by atoms with Crippen molar-refractivity contribution >= 4 is 26.8 Å². The molecule has 0 aliphatic carbocycles. The van der Waals surface area contributed by atoms with Gasteiger partial charge >= 0.3 is 0 Å². The van der Waals surface area contributed by atoms with E-state index in [4.69, 9.17) is 9.72 Å². The van der Waals surface area contributed by atoms with Gasteiger partial charge in [0.15, 0.2) is 0 Å².